The third kappa shape index (κ3) is 2.93. The summed E-state index contributed by atoms with van der Waals surface area (Å²) in [4.78, 5) is 11.4. The van der Waals surface area contributed by atoms with Crippen molar-refractivity contribution in [3.63, 3.8) is 0 Å². The molecule has 0 saturated carbocycles. The zero-order chi connectivity index (χ0) is 13.8. The van der Waals surface area contributed by atoms with Crippen LogP contribution >= 0.6 is 0 Å². The van der Waals surface area contributed by atoms with E-state index < -0.39 is 0 Å². The highest BCUT2D eigenvalue weighted by Gasteiger charge is 2.11. The Kier molecular flexibility index (Phi) is 4.16. The Hall–Kier alpha value is -1.89. The number of aromatic nitrogens is 4. The van der Waals surface area contributed by atoms with Crippen LogP contribution in [0, 0.1) is 6.92 Å². The van der Waals surface area contributed by atoms with Crippen molar-refractivity contribution in [2.24, 2.45) is 7.05 Å². The van der Waals surface area contributed by atoms with Gasteiger partial charge in [0, 0.05) is 20.2 Å². The number of carbonyl (C=O) groups is 1. The van der Waals surface area contributed by atoms with Crippen LogP contribution in [0.15, 0.2) is 6.20 Å². The molecule has 2 aromatic rings. The van der Waals surface area contributed by atoms with E-state index in [9.17, 15) is 4.79 Å². The van der Waals surface area contributed by atoms with Crippen molar-refractivity contribution in [2.45, 2.75) is 20.4 Å². The van der Waals surface area contributed by atoms with Gasteiger partial charge in [-0.05, 0) is 13.8 Å². The van der Waals surface area contributed by atoms with Crippen molar-refractivity contribution in [1.82, 2.24) is 24.9 Å². The standard InChI is InChI=1S/C12H19N5O2/c1-4-19-8-11(18)13-5-6-17-12-9(2)15-16(3)10(12)7-14-17/h7H,4-6,8H2,1-3H3,(H,13,18). The van der Waals surface area contributed by atoms with Gasteiger partial charge in [-0.3, -0.25) is 14.2 Å². The summed E-state index contributed by atoms with van der Waals surface area (Å²) in [6.45, 7) is 5.61. The minimum absolute atomic E-state index is 0.104. The lowest BCUT2D eigenvalue weighted by atomic mass is 10.4. The van der Waals surface area contributed by atoms with Crippen LogP contribution in [0.2, 0.25) is 0 Å². The van der Waals surface area contributed by atoms with E-state index in [-0.39, 0.29) is 12.5 Å². The molecule has 0 atom stereocenters. The first-order chi connectivity index (χ1) is 9.13. The van der Waals surface area contributed by atoms with E-state index in [0.717, 1.165) is 16.7 Å². The van der Waals surface area contributed by atoms with Crippen LogP contribution in [0.3, 0.4) is 0 Å². The van der Waals surface area contributed by atoms with Gasteiger partial charge in [0.1, 0.15) is 17.6 Å². The molecule has 1 amide bonds. The minimum atomic E-state index is -0.104. The van der Waals surface area contributed by atoms with Gasteiger partial charge >= 0.3 is 0 Å². The predicted molar refractivity (Wildman–Crippen MR) is 70.7 cm³/mol. The molecule has 0 radical (unpaired) electrons. The summed E-state index contributed by atoms with van der Waals surface area (Å²) in [5, 5.41) is 11.4. The molecule has 0 aromatic carbocycles. The predicted octanol–water partition coefficient (Wildman–Crippen LogP) is 0.231. The fraction of sp³-hybridized carbons (Fsp3) is 0.583. The van der Waals surface area contributed by atoms with Gasteiger partial charge in [-0.15, -0.1) is 0 Å². The Morgan fingerprint density at radius 2 is 2.32 bits per heavy atom. The van der Waals surface area contributed by atoms with Gasteiger partial charge in [0.25, 0.3) is 0 Å². The SMILES string of the molecule is CCOCC(=O)NCCn1ncc2c1c(C)nn2C. The summed E-state index contributed by atoms with van der Waals surface area (Å²) in [5.41, 5.74) is 2.95. The Morgan fingerprint density at radius 1 is 1.53 bits per heavy atom. The Labute approximate surface area is 111 Å². The van der Waals surface area contributed by atoms with E-state index >= 15 is 0 Å². The zero-order valence-corrected chi connectivity index (χ0v) is 11.5. The molecule has 19 heavy (non-hydrogen) atoms. The van der Waals surface area contributed by atoms with Crippen LogP contribution in [0.25, 0.3) is 11.0 Å². The average molecular weight is 265 g/mol. The number of nitrogens with one attached hydrogen (secondary N) is 1. The smallest absolute Gasteiger partial charge is 0.246 e. The van der Waals surface area contributed by atoms with Crippen LogP contribution < -0.4 is 5.32 Å². The summed E-state index contributed by atoms with van der Waals surface area (Å²) in [5.74, 6) is -0.104. The number of hydrogen-bond donors (Lipinski definition) is 1. The van der Waals surface area contributed by atoms with E-state index in [4.69, 9.17) is 4.74 Å². The summed E-state index contributed by atoms with van der Waals surface area (Å²) in [7, 11) is 1.89. The molecule has 0 aliphatic heterocycles. The molecule has 2 rings (SSSR count). The first kappa shape index (κ1) is 13.5. The molecule has 0 bridgehead atoms. The summed E-state index contributed by atoms with van der Waals surface area (Å²) >= 11 is 0. The molecule has 0 spiro atoms. The van der Waals surface area contributed by atoms with E-state index in [2.05, 4.69) is 15.5 Å². The first-order valence-corrected chi connectivity index (χ1v) is 6.33. The summed E-state index contributed by atoms with van der Waals surface area (Å²) < 4.78 is 8.70. The molecule has 104 valence electrons. The van der Waals surface area contributed by atoms with Crippen molar-refractivity contribution in [1.29, 1.82) is 0 Å². The molecule has 7 nitrogen and oxygen atoms in total. The maximum Gasteiger partial charge on any atom is 0.246 e. The van der Waals surface area contributed by atoms with Crippen LogP contribution in [0.5, 0.6) is 0 Å². The van der Waals surface area contributed by atoms with E-state index in [1.54, 1.807) is 6.20 Å². The van der Waals surface area contributed by atoms with Gasteiger partial charge in [0.2, 0.25) is 5.91 Å². The number of rotatable bonds is 6. The highest BCUT2D eigenvalue weighted by Crippen LogP contribution is 2.16. The molecule has 0 unspecified atom stereocenters. The summed E-state index contributed by atoms with van der Waals surface area (Å²) in [6, 6.07) is 0. The molecular formula is C12H19N5O2. The normalized spacial score (nSPS) is 11.1. The van der Waals surface area contributed by atoms with Crippen molar-refractivity contribution >= 4 is 16.9 Å². The van der Waals surface area contributed by atoms with Gasteiger partial charge in [-0.1, -0.05) is 0 Å². The molecular weight excluding hydrogens is 246 g/mol. The van der Waals surface area contributed by atoms with Crippen LogP contribution in [0.1, 0.15) is 12.6 Å². The van der Waals surface area contributed by atoms with Gasteiger partial charge in [0.05, 0.1) is 18.4 Å². The van der Waals surface area contributed by atoms with Gasteiger partial charge in [-0.25, -0.2) is 0 Å². The lowest BCUT2D eigenvalue weighted by Gasteiger charge is -2.06. The monoisotopic (exact) mass is 265 g/mol. The van der Waals surface area contributed by atoms with Crippen molar-refractivity contribution < 1.29 is 9.53 Å². The molecule has 2 aromatic heterocycles. The topological polar surface area (TPSA) is 74.0 Å². The molecule has 1 N–H and O–H groups in total. The molecule has 2 heterocycles. The summed E-state index contributed by atoms with van der Waals surface area (Å²) in [6.07, 6.45) is 1.79. The lowest BCUT2D eigenvalue weighted by Crippen LogP contribution is -2.30. The van der Waals surface area contributed by atoms with E-state index in [0.29, 0.717) is 19.7 Å². The lowest BCUT2D eigenvalue weighted by molar-refractivity contribution is -0.125. The Balaban J connectivity index is 1.93. The second-order valence-corrected chi connectivity index (χ2v) is 4.30. The van der Waals surface area contributed by atoms with E-state index in [1.165, 1.54) is 0 Å². The van der Waals surface area contributed by atoms with Crippen LogP contribution in [0.4, 0.5) is 0 Å². The fourth-order valence-corrected chi connectivity index (χ4v) is 2.03. The van der Waals surface area contributed by atoms with Crippen molar-refractivity contribution in [2.75, 3.05) is 19.8 Å². The number of aryl methyl sites for hydroxylation is 2. The van der Waals surface area contributed by atoms with Crippen molar-refractivity contribution in [3.05, 3.63) is 11.9 Å². The van der Waals surface area contributed by atoms with Crippen molar-refractivity contribution in [3.8, 4) is 0 Å². The van der Waals surface area contributed by atoms with Crippen LogP contribution in [-0.2, 0) is 23.1 Å². The Bertz CT molecular complexity index is 572. The Morgan fingerprint density at radius 3 is 3.05 bits per heavy atom. The zero-order valence-electron chi connectivity index (χ0n) is 11.5. The third-order valence-corrected chi connectivity index (χ3v) is 2.89. The molecule has 0 aliphatic rings. The first-order valence-electron chi connectivity index (χ1n) is 6.33. The van der Waals surface area contributed by atoms with Gasteiger partial charge < -0.3 is 10.1 Å². The highest BCUT2D eigenvalue weighted by atomic mass is 16.5. The maximum atomic E-state index is 11.4. The second-order valence-electron chi connectivity index (χ2n) is 4.30. The molecule has 0 aliphatic carbocycles. The number of ether oxygens (including phenoxy) is 1. The van der Waals surface area contributed by atoms with E-state index in [1.807, 2.05) is 30.3 Å². The fourth-order valence-electron chi connectivity index (χ4n) is 2.03. The van der Waals surface area contributed by atoms with Gasteiger partial charge in [0.15, 0.2) is 0 Å². The molecule has 0 saturated heterocycles. The highest BCUT2D eigenvalue weighted by molar-refractivity contribution is 5.78. The number of nitrogens with zero attached hydrogens (tertiary/aromatic N) is 4. The number of hydrogen-bond acceptors (Lipinski definition) is 4. The quantitative estimate of drug-likeness (QED) is 0.811. The maximum absolute atomic E-state index is 11.4. The number of carbonyl (C=O) groups excluding carboxylic acids is 1. The van der Waals surface area contributed by atoms with Crippen LogP contribution in [-0.4, -0.2) is 45.2 Å². The molecule has 0 fully saturated rings. The third-order valence-electron chi connectivity index (χ3n) is 2.89. The molecule has 7 heteroatoms. The average Bonchev–Trinajstić information content (AvgIpc) is 2.91. The minimum Gasteiger partial charge on any atom is -0.372 e. The number of fused-ring (bicyclic) bond motifs is 1. The van der Waals surface area contributed by atoms with Gasteiger partial charge in [-0.2, -0.15) is 10.2 Å². The second kappa shape index (κ2) is 5.83. The largest absolute Gasteiger partial charge is 0.372 e. The number of amides is 1.